The maximum atomic E-state index is 5.74. The molecule has 2 saturated heterocycles. The number of nitrogens with one attached hydrogen (secondary N) is 1. The van der Waals surface area contributed by atoms with E-state index in [1.165, 1.54) is 31.4 Å². The third-order valence-corrected chi connectivity index (χ3v) is 5.05. The van der Waals surface area contributed by atoms with Crippen molar-refractivity contribution in [3.63, 3.8) is 0 Å². The molecule has 0 spiro atoms. The summed E-state index contributed by atoms with van der Waals surface area (Å²) in [6.45, 7) is 4.60. The zero-order valence-corrected chi connectivity index (χ0v) is 12.7. The van der Waals surface area contributed by atoms with Gasteiger partial charge in [-0.25, -0.2) is 0 Å². The maximum absolute atomic E-state index is 5.74. The summed E-state index contributed by atoms with van der Waals surface area (Å²) in [7, 11) is 0. The lowest BCUT2D eigenvalue weighted by Gasteiger charge is -2.41. The second-order valence-electron chi connectivity index (χ2n) is 6.35. The van der Waals surface area contributed by atoms with E-state index >= 15 is 0 Å². The molecule has 4 nitrogen and oxygen atoms in total. The fourth-order valence-corrected chi connectivity index (χ4v) is 4.25. The molecule has 3 aliphatic heterocycles. The quantitative estimate of drug-likeness (QED) is 0.927. The van der Waals surface area contributed by atoms with Crippen LogP contribution in [0.2, 0.25) is 0 Å². The summed E-state index contributed by atoms with van der Waals surface area (Å²) in [5, 5.41) is 3.64. The minimum absolute atomic E-state index is 0.658. The molecule has 2 atom stereocenters. The lowest BCUT2D eigenvalue weighted by molar-refractivity contribution is 0.171. The summed E-state index contributed by atoms with van der Waals surface area (Å²) in [5.74, 6) is 1.80. The van der Waals surface area contributed by atoms with Crippen LogP contribution in [0.5, 0.6) is 11.5 Å². The number of hydrogen-bond acceptors (Lipinski definition) is 4. The van der Waals surface area contributed by atoms with Crippen LogP contribution in [-0.4, -0.2) is 37.9 Å². The van der Waals surface area contributed by atoms with E-state index < -0.39 is 0 Å². The first-order chi connectivity index (χ1) is 10.3. The van der Waals surface area contributed by atoms with E-state index in [0.29, 0.717) is 31.3 Å². The van der Waals surface area contributed by atoms with Crippen LogP contribution in [0, 0.1) is 0 Å². The highest BCUT2D eigenvalue weighted by Gasteiger charge is 2.40. The number of fused-ring (bicyclic) bond motifs is 3. The van der Waals surface area contributed by atoms with Crippen LogP contribution < -0.4 is 19.7 Å². The highest BCUT2D eigenvalue weighted by molar-refractivity contribution is 5.59. The van der Waals surface area contributed by atoms with Gasteiger partial charge in [0.25, 0.3) is 0 Å². The number of ether oxygens (including phenoxy) is 2. The second-order valence-corrected chi connectivity index (χ2v) is 6.35. The predicted molar refractivity (Wildman–Crippen MR) is 83.4 cm³/mol. The van der Waals surface area contributed by atoms with Crippen molar-refractivity contribution in [2.75, 3.05) is 24.7 Å². The summed E-state index contributed by atoms with van der Waals surface area (Å²) in [6, 6.07) is 8.49. The predicted octanol–water partition coefficient (Wildman–Crippen LogP) is 2.57. The molecule has 0 saturated carbocycles. The van der Waals surface area contributed by atoms with Crippen LogP contribution in [0.25, 0.3) is 0 Å². The third-order valence-electron chi connectivity index (χ3n) is 5.05. The molecule has 2 unspecified atom stereocenters. The Morgan fingerprint density at radius 1 is 1.10 bits per heavy atom. The Balaban J connectivity index is 1.57. The minimum Gasteiger partial charge on any atom is -0.486 e. The Kier molecular flexibility index (Phi) is 3.42. The number of rotatable bonds is 3. The van der Waals surface area contributed by atoms with Crippen LogP contribution in [0.4, 0.5) is 5.69 Å². The van der Waals surface area contributed by atoms with E-state index in [2.05, 4.69) is 35.3 Å². The molecule has 0 aromatic heterocycles. The van der Waals surface area contributed by atoms with Gasteiger partial charge in [-0.1, -0.05) is 6.92 Å². The van der Waals surface area contributed by atoms with Crippen LogP contribution in [0.3, 0.4) is 0 Å². The molecular weight excluding hydrogens is 264 g/mol. The van der Waals surface area contributed by atoms with E-state index in [1.54, 1.807) is 0 Å². The van der Waals surface area contributed by atoms with Gasteiger partial charge in [0, 0.05) is 29.9 Å². The molecule has 4 rings (SSSR count). The van der Waals surface area contributed by atoms with Crippen molar-refractivity contribution in [3.8, 4) is 11.5 Å². The van der Waals surface area contributed by atoms with Gasteiger partial charge in [-0.05, 0) is 44.4 Å². The van der Waals surface area contributed by atoms with Crippen molar-refractivity contribution in [2.24, 2.45) is 0 Å². The zero-order valence-electron chi connectivity index (χ0n) is 12.7. The number of nitrogens with zero attached hydrogens (tertiary/aromatic N) is 1. The Morgan fingerprint density at radius 3 is 2.52 bits per heavy atom. The number of benzene rings is 1. The molecule has 0 amide bonds. The standard InChI is InChI=1S/C17H24N2O2/c1-2-18-12-9-13-3-4-14(10-12)19(13)15-5-6-16-17(11-15)21-8-7-20-16/h5-6,11-14,18H,2-4,7-10H2,1H3. The first kappa shape index (κ1) is 13.3. The van der Waals surface area contributed by atoms with E-state index in [9.17, 15) is 0 Å². The van der Waals surface area contributed by atoms with Gasteiger partial charge in [0.2, 0.25) is 0 Å². The van der Waals surface area contributed by atoms with Crippen molar-refractivity contribution in [2.45, 2.75) is 50.7 Å². The third kappa shape index (κ3) is 2.35. The van der Waals surface area contributed by atoms with Gasteiger partial charge < -0.3 is 19.7 Å². The molecular formula is C17H24N2O2. The molecule has 4 heteroatoms. The lowest BCUT2D eigenvalue weighted by atomic mass is 9.96. The van der Waals surface area contributed by atoms with Crippen molar-refractivity contribution >= 4 is 5.69 Å². The SMILES string of the molecule is CCNC1CC2CCC(C1)N2c1ccc2c(c1)OCCO2. The average molecular weight is 288 g/mol. The van der Waals surface area contributed by atoms with Crippen LogP contribution in [-0.2, 0) is 0 Å². The largest absolute Gasteiger partial charge is 0.486 e. The van der Waals surface area contributed by atoms with E-state index in [-0.39, 0.29) is 0 Å². The summed E-state index contributed by atoms with van der Waals surface area (Å²) in [5.41, 5.74) is 1.31. The maximum Gasteiger partial charge on any atom is 0.163 e. The minimum atomic E-state index is 0.658. The van der Waals surface area contributed by atoms with Gasteiger partial charge in [0.15, 0.2) is 11.5 Å². The molecule has 3 heterocycles. The molecule has 3 aliphatic rings. The van der Waals surface area contributed by atoms with E-state index in [4.69, 9.17) is 9.47 Å². The fourth-order valence-electron chi connectivity index (χ4n) is 4.25. The highest BCUT2D eigenvalue weighted by atomic mass is 16.6. The molecule has 0 aliphatic carbocycles. The Morgan fingerprint density at radius 2 is 1.81 bits per heavy atom. The Hall–Kier alpha value is -1.42. The van der Waals surface area contributed by atoms with Crippen LogP contribution in [0.15, 0.2) is 18.2 Å². The first-order valence-electron chi connectivity index (χ1n) is 8.26. The van der Waals surface area contributed by atoms with Crippen molar-refractivity contribution in [1.82, 2.24) is 5.32 Å². The molecule has 114 valence electrons. The summed E-state index contributed by atoms with van der Waals surface area (Å²) < 4.78 is 11.4. The number of piperidine rings is 1. The van der Waals surface area contributed by atoms with Gasteiger partial charge in [-0.3, -0.25) is 0 Å². The highest BCUT2D eigenvalue weighted by Crippen LogP contribution is 2.42. The average Bonchev–Trinajstić information content (AvgIpc) is 2.78. The lowest BCUT2D eigenvalue weighted by Crippen LogP contribution is -2.49. The molecule has 1 N–H and O–H groups in total. The van der Waals surface area contributed by atoms with E-state index in [1.807, 2.05) is 0 Å². The summed E-state index contributed by atoms with van der Waals surface area (Å²) >= 11 is 0. The molecule has 21 heavy (non-hydrogen) atoms. The first-order valence-corrected chi connectivity index (χ1v) is 8.26. The van der Waals surface area contributed by atoms with Gasteiger partial charge in [-0.2, -0.15) is 0 Å². The van der Waals surface area contributed by atoms with Crippen molar-refractivity contribution < 1.29 is 9.47 Å². The molecule has 0 radical (unpaired) electrons. The number of anilines is 1. The van der Waals surface area contributed by atoms with Crippen molar-refractivity contribution in [1.29, 1.82) is 0 Å². The fraction of sp³-hybridized carbons (Fsp3) is 0.647. The molecule has 2 fully saturated rings. The summed E-state index contributed by atoms with van der Waals surface area (Å²) in [6.07, 6.45) is 5.17. The second kappa shape index (κ2) is 5.41. The normalized spacial score (nSPS) is 30.5. The monoisotopic (exact) mass is 288 g/mol. The van der Waals surface area contributed by atoms with Gasteiger partial charge in [0.1, 0.15) is 13.2 Å². The van der Waals surface area contributed by atoms with Gasteiger partial charge in [0.05, 0.1) is 0 Å². The van der Waals surface area contributed by atoms with Crippen LogP contribution >= 0.6 is 0 Å². The van der Waals surface area contributed by atoms with Gasteiger partial charge >= 0.3 is 0 Å². The molecule has 1 aromatic carbocycles. The number of hydrogen-bond donors (Lipinski definition) is 1. The topological polar surface area (TPSA) is 33.7 Å². The van der Waals surface area contributed by atoms with Crippen molar-refractivity contribution in [3.05, 3.63) is 18.2 Å². The van der Waals surface area contributed by atoms with Crippen LogP contribution in [0.1, 0.15) is 32.6 Å². The smallest absolute Gasteiger partial charge is 0.163 e. The van der Waals surface area contributed by atoms with E-state index in [0.717, 1.165) is 18.0 Å². The Labute approximate surface area is 126 Å². The molecule has 2 bridgehead atoms. The van der Waals surface area contributed by atoms with Gasteiger partial charge in [-0.15, -0.1) is 0 Å². The zero-order chi connectivity index (χ0) is 14.2. The molecule has 1 aromatic rings. The summed E-state index contributed by atoms with van der Waals surface area (Å²) in [4.78, 5) is 2.63. The Bertz CT molecular complexity index is 506.